The van der Waals surface area contributed by atoms with Crippen LogP contribution in [-0.2, 0) is 22.6 Å². The van der Waals surface area contributed by atoms with Gasteiger partial charge >= 0.3 is 0 Å². The molecule has 1 aliphatic rings. The Morgan fingerprint density at radius 1 is 0.917 bits per heavy atom. The second-order valence-corrected chi connectivity index (χ2v) is 9.69. The molecule has 3 aromatic rings. The molecule has 1 fully saturated rings. The minimum atomic E-state index is -0.167. The second kappa shape index (κ2) is 11.5. The van der Waals surface area contributed by atoms with Crippen molar-refractivity contribution in [3.8, 4) is 11.1 Å². The lowest BCUT2D eigenvalue weighted by Gasteiger charge is -2.35. The summed E-state index contributed by atoms with van der Waals surface area (Å²) in [7, 11) is 0. The molecule has 0 saturated carbocycles. The summed E-state index contributed by atoms with van der Waals surface area (Å²) in [6.45, 7) is 9.92. The van der Waals surface area contributed by atoms with Crippen LogP contribution in [0.2, 0.25) is 0 Å². The Labute approximate surface area is 213 Å². The molecule has 6 heteroatoms. The highest BCUT2D eigenvalue weighted by Crippen LogP contribution is 2.24. The van der Waals surface area contributed by atoms with Crippen LogP contribution in [-0.4, -0.2) is 42.0 Å². The van der Waals surface area contributed by atoms with Gasteiger partial charge in [-0.3, -0.25) is 9.59 Å². The van der Waals surface area contributed by atoms with Crippen molar-refractivity contribution in [2.45, 2.75) is 53.0 Å². The number of morpholine rings is 1. The first-order valence-electron chi connectivity index (χ1n) is 12.5. The quantitative estimate of drug-likeness (QED) is 0.485. The maximum absolute atomic E-state index is 13.3. The van der Waals surface area contributed by atoms with Gasteiger partial charge in [-0.1, -0.05) is 42.5 Å². The zero-order chi connectivity index (χ0) is 25.7. The maximum atomic E-state index is 13.3. The predicted molar refractivity (Wildman–Crippen MR) is 144 cm³/mol. The van der Waals surface area contributed by atoms with Gasteiger partial charge in [-0.05, 0) is 72.9 Å². The van der Waals surface area contributed by atoms with E-state index in [0.29, 0.717) is 37.4 Å². The van der Waals surface area contributed by atoms with Crippen LogP contribution in [0.15, 0.2) is 66.7 Å². The summed E-state index contributed by atoms with van der Waals surface area (Å²) in [5.41, 5.74) is 7.00. The summed E-state index contributed by atoms with van der Waals surface area (Å²) >= 11 is 0. The second-order valence-electron chi connectivity index (χ2n) is 9.69. The Morgan fingerprint density at radius 2 is 1.64 bits per heavy atom. The molecule has 6 nitrogen and oxygen atoms in total. The zero-order valence-corrected chi connectivity index (χ0v) is 21.5. The average molecular weight is 486 g/mol. The monoisotopic (exact) mass is 485 g/mol. The lowest BCUT2D eigenvalue weighted by Crippen LogP contribution is -2.48. The summed E-state index contributed by atoms with van der Waals surface area (Å²) < 4.78 is 5.78. The maximum Gasteiger partial charge on any atom is 0.254 e. The number of nitrogens with one attached hydrogen (secondary N) is 2. The van der Waals surface area contributed by atoms with Gasteiger partial charge in [0.05, 0.1) is 12.2 Å². The fraction of sp³-hybridized carbons (Fsp3) is 0.333. The van der Waals surface area contributed by atoms with Crippen LogP contribution < -0.4 is 10.6 Å². The van der Waals surface area contributed by atoms with Crippen LogP contribution in [0.4, 0.5) is 5.69 Å². The molecule has 0 aromatic heterocycles. The molecule has 1 heterocycles. The number of anilines is 1. The number of rotatable bonds is 7. The Kier molecular flexibility index (Phi) is 8.18. The molecule has 1 aliphatic heterocycles. The summed E-state index contributed by atoms with van der Waals surface area (Å²) in [6.07, 6.45) is -0.0133. The van der Waals surface area contributed by atoms with Gasteiger partial charge in [0.25, 0.3) is 5.91 Å². The van der Waals surface area contributed by atoms with Gasteiger partial charge in [-0.15, -0.1) is 0 Å². The van der Waals surface area contributed by atoms with E-state index >= 15 is 0 Å². The van der Waals surface area contributed by atoms with Crippen molar-refractivity contribution >= 4 is 17.5 Å². The van der Waals surface area contributed by atoms with Crippen LogP contribution in [0.3, 0.4) is 0 Å². The summed E-state index contributed by atoms with van der Waals surface area (Å²) in [4.78, 5) is 26.9. The lowest BCUT2D eigenvalue weighted by molar-refractivity contribution is -0.114. The normalized spacial score (nSPS) is 17.6. The molecule has 1 saturated heterocycles. The third-order valence-corrected chi connectivity index (χ3v) is 6.31. The topological polar surface area (TPSA) is 70.7 Å². The van der Waals surface area contributed by atoms with Crippen molar-refractivity contribution < 1.29 is 14.3 Å². The Morgan fingerprint density at radius 3 is 2.36 bits per heavy atom. The molecule has 3 aromatic carbocycles. The molecule has 4 rings (SSSR count). The Hall–Kier alpha value is -3.48. The zero-order valence-electron chi connectivity index (χ0n) is 21.5. The van der Waals surface area contributed by atoms with Crippen molar-refractivity contribution in [2.24, 2.45) is 0 Å². The van der Waals surface area contributed by atoms with Crippen molar-refractivity contribution in [1.82, 2.24) is 10.2 Å². The van der Waals surface area contributed by atoms with E-state index in [0.717, 1.165) is 5.56 Å². The fourth-order valence-corrected chi connectivity index (χ4v) is 4.82. The standard InChI is InChI=1S/C30H35N3O3/c1-20-8-5-6-11-29(20)26-10-7-9-24(12-26)16-31-17-25-13-27(15-28(14-25)32-23(4)34)30(35)33-18-21(2)36-22(3)19-33/h5-15,21-22,31H,16-19H2,1-4H3,(H,32,34)/t21-,22+. The van der Waals surface area contributed by atoms with Gasteiger partial charge in [0.15, 0.2) is 0 Å². The summed E-state index contributed by atoms with van der Waals surface area (Å²) in [5.74, 6) is -0.212. The van der Waals surface area contributed by atoms with E-state index in [1.54, 1.807) is 6.07 Å². The van der Waals surface area contributed by atoms with Crippen molar-refractivity contribution in [1.29, 1.82) is 0 Å². The molecule has 2 atom stereocenters. The van der Waals surface area contributed by atoms with E-state index < -0.39 is 0 Å². The van der Waals surface area contributed by atoms with Crippen LogP contribution in [0.25, 0.3) is 11.1 Å². The van der Waals surface area contributed by atoms with Gasteiger partial charge in [0, 0.05) is 44.4 Å². The van der Waals surface area contributed by atoms with E-state index in [1.165, 1.54) is 29.2 Å². The minimum absolute atomic E-state index is 0.00667. The molecule has 2 amide bonds. The van der Waals surface area contributed by atoms with Gasteiger partial charge in [0.1, 0.15) is 0 Å². The first kappa shape index (κ1) is 25.6. The van der Waals surface area contributed by atoms with E-state index in [1.807, 2.05) is 30.9 Å². The average Bonchev–Trinajstić information content (AvgIpc) is 2.83. The number of aryl methyl sites for hydroxylation is 1. The smallest absolute Gasteiger partial charge is 0.254 e. The largest absolute Gasteiger partial charge is 0.372 e. The number of ether oxygens (including phenoxy) is 1. The Bertz CT molecular complexity index is 1230. The highest BCUT2D eigenvalue weighted by molar-refractivity contribution is 5.97. The van der Waals surface area contributed by atoms with Crippen molar-refractivity contribution in [3.05, 3.63) is 89.0 Å². The first-order chi connectivity index (χ1) is 17.3. The number of amides is 2. The van der Waals surface area contributed by atoms with E-state index in [-0.39, 0.29) is 24.0 Å². The molecular weight excluding hydrogens is 450 g/mol. The summed E-state index contributed by atoms with van der Waals surface area (Å²) in [5, 5.41) is 6.33. The SMILES string of the molecule is CC(=O)Nc1cc(CNCc2cccc(-c3ccccc3C)c2)cc(C(=O)N2C[C@@H](C)O[C@@H](C)C2)c1. The van der Waals surface area contributed by atoms with Crippen molar-refractivity contribution in [3.63, 3.8) is 0 Å². The molecule has 0 spiro atoms. The van der Waals surface area contributed by atoms with Gasteiger partial charge in [-0.25, -0.2) is 0 Å². The first-order valence-corrected chi connectivity index (χ1v) is 12.5. The third-order valence-electron chi connectivity index (χ3n) is 6.31. The minimum Gasteiger partial charge on any atom is -0.372 e. The molecule has 0 radical (unpaired) electrons. The van der Waals surface area contributed by atoms with E-state index in [4.69, 9.17) is 4.74 Å². The van der Waals surface area contributed by atoms with Gasteiger partial charge < -0.3 is 20.3 Å². The highest BCUT2D eigenvalue weighted by atomic mass is 16.5. The molecular formula is C30H35N3O3. The van der Waals surface area contributed by atoms with E-state index in [9.17, 15) is 9.59 Å². The van der Waals surface area contributed by atoms with Gasteiger partial charge in [-0.2, -0.15) is 0 Å². The molecule has 0 bridgehead atoms. The van der Waals surface area contributed by atoms with E-state index in [2.05, 4.69) is 66.1 Å². The molecule has 2 N–H and O–H groups in total. The van der Waals surface area contributed by atoms with Crippen molar-refractivity contribution in [2.75, 3.05) is 18.4 Å². The number of carbonyl (C=O) groups excluding carboxylic acids is 2. The number of nitrogens with zero attached hydrogens (tertiary/aromatic N) is 1. The third kappa shape index (κ3) is 6.59. The number of carbonyl (C=O) groups is 2. The number of benzene rings is 3. The number of hydrogen-bond acceptors (Lipinski definition) is 4. The van der Waals surface area contributed by atoms with Crippen LogP contribution in [0.1, 0.15) is 47.8 Å². The highest BCUT2D eigenvalue weighted by Gasteiger charge is 2.27. The molecule has 0 aliphatic carbocycles. The van der Waals surface area contributed by atoms with Crippen LogP contribution in [0.5, 0.6) is 0 Å². The fourth-order valence-electron chi connectivity index (χ4n) is 4.82. The van der Waals surface area contributed by atoms with Gasteiger partial charge in [0.2, 0.25) is 5.91 Å². The van der Waals surface area contributed by atoms with Crippen LogP contribution >= 0.6 is 0 Å². The Balaban J connectivity index is 1.48. The predicted octanol–water partition coefficient (Wildman–Crippen LogP) is 5.16. The summed E-state index contributed by atoms with van der Waals surface area (Å²) in [6, 6.07) is 22.5. The molecule has 0 unspecified atom stereocenters. The van der Waals surface area contributed by atoms with Crippen LogP contribution in [0, 0.1) is 6.92 Å². The number of hydrogen-bond donors (Lipinski definition) is 2. The lowest BCUT2D eigenvalue weighted by atomic mass is 9.99. The molecule has 188 valence electrons. The molecule has 36 heavy (non-hydrogen) atoms.